The van der Waals surface area contributed by atoms with E-state index in [1.807, 2.05) is 0 Å². The van der Waals surface area contributed by atoms with Gasteiger partial charge in [0.2, 0.25) is 0 Å². The van der Waals surface area contributed by atoms with Crippen molar-refractivity contribution in [2.24, 2.45) is 0 Å². The second-order valence-electron chi connectivity index (χ2n) is 4.73. The van der Waals surface area contributed by atoms with Crippen molar-refractivity contribution in [2.45, 2.75) is 12.4 Å². The van der Waals surface area contributed by atoms with Crippen molar-refractivity contribution < 1.29 is 35.1 Å². The standard InChI is InChI=1S/C15H5F8N/c16-12-4-7(1-9(6-24)13(12)17)8-2-10(14(18,19)20)5-11(3-8)15(21,22)23/h1-5H. The number of nitriles is 1. The normalized spacial score (nSPS) is 12.1. The Labute approximate surface area is 129 Å². The number of halogens is 8. The number of hydrogen-bond donors (Lipinski definition) is 0. The average Bonchev–Trinajstić information content (AvgIpc) is 2.47. The van der Waals surface area contributed by atoms with Crippen molar-refractivity contribution in [3.63, 3.8) is 0 Å². The molecule has 0 aromatic heterocycles. The van der Waals surface area contributed by atoms with Crippen LogP contribution in [0.2, 0.25) is 0 Å². The topological polar surface area (TPSA) is 23.8 Å². The number of alkyl halides is 6. The van der Waals surface area contributed by atoms with Crippen LogP contribution in [-0.4, -0.2) is 0 Å². The van der Waals surface area contributed by atoms with Gasteiger partial charge >= 0.3 is 12.4 Å². The van der Waals surface area contributed by atoms with Gasteiger partial charge in [-0.3, -0.25) is 0 Å². The summed E-state index contributed by atoms with van der Waals surface area (Å²) < 4.78 is 103. The van der Waals surface area contributed by atoms with Gasteiger partial charge in [-0.15, -0.1) is 0 Å². The highest BCUT2D eigenvalue weighted by atomic mass is 19.4. The summed E-state index contributed by atoms with van der Waals surface area (Å²) in [6.45, 7) is 0. The molecule has 0 N–H and O–H groups in total. The fourth-order valence-corrected chi connectivity index (χ4v) is 1.96. The SMILES string of the molecule is N#Cc1cc(-c2cc(C(F)(F)F)cc(C(F)(F)F)c2)cc(F)c1F. The summed E-state index contributed by atoms with van der Waals surface area (Å²) in [6, 6.07) is 3.01. The Morgan fingerprint density at radius 1 is 0.708 bits per heavy atom. The number of rotatable bonds is 1. The predicted octanol–water partition coefficient (Wildman–Crippen LogP) is 5.54. The van der Waals surface area contributed by atoms with Crippen molar-refractivity contribution in [3.8, 4) is 17.2 Å². The molecule has 0 unspecified atom stereocenters. The lowest BCUT2D eigenvalue weighted by Gasteiger charge is -2.14. The van der Waals surface area contributed by atoms with E-state index < -0.39 is 51.8 Å². The van der Waals surface area contributed by atoms with Crippen LogP contribution in [-0.2, 0) is 12.4 Å². The van der Waals surface area contributed by atoms with E-state index >= 15 is 0 Å². The minimum atomic E-state index is -5.08. The van der Waals surface area contributed by atoms with E-state index in [0.29, 0.717) is 24.3 Å². The fraction of sp³-hybridized carbons (Fsp3) is 0.133. The first-order valence-corrected chi connectivity index (χ1v) is 6.12. The van der Waals surface area contributed by atoms with E-state index in [0.717, 1.165) is 0 Å². The quantitative estimate of drug-likeness (QED) is 0.619. The highest BCUT2D eigenvalue weighted by molar-refractivity contribution is 5.67. The summed E-state index contributed by atoms with van der Waals surface area (Å²) in [4.78, 5) is 0. The van der Waals surface area contributed by atoms with Gasteiger partial charge in [-0.25, -0.2) is 8.78 Å². The highest BCUT2D eigenvalue weighted by Gasteiger charge is 2.37. The van der Waals surface area contributed by atoms with Gasteiger partial charge in [0.25, 0.3) is 0 Å². The molecular weight excluding hydrogens is 346 g/mol. The van der Waals surface area contributed by atoms with Crippen LogP contribution >= 0.6 is 0 Å². The maximum absolute atomic E-state index is 13.4. The Morgan fingerprint density at radius 2 is 1.17 bits per heavy atom. The van der Waals surface area contributed by atoms with Crippen LogP contribution in [0, 0.1) is 23.0 Å². The molecule has 0 fully saturated rings. The molecule has 0 spiro atoms. The first kappa shape index (κ1) is 17.7. The van der Waals surface area contributed by atoms with Gasteiger partial charge in [-0.05, 0) is 41.5 Å². The van der Waals surface area contributed by atoms with E-state index in [-0.39, 0.29) is 6.07 Å². The molecule has 2 aromatic rings. The van der Waals surface area contributed by atoms with E-state index in [2.05, 4.69) is 0 Å². The van der Waals surface area contributed by atoms with Crippen molar-refractivity contribution in [1.82, 2.24) is 0 Å². The highest BCUT2D eigenvalue weighted by Crippen LogP contribution is 2.39. The molecule has 2 rings (SSSR count). The lowest BCUT2D eigenvalue weighted by Crippen LogP contribution is -2.11. The summed E-state index contributed by atoms with van der Waals surface area (Å²) in [5, 5.41) is 8.67. The van der Waals surface area contributed by atoms with E-state index in [9.17, 15) is 35.1 Å². The molecule has 0 saturated heterocycles. The largest absolute Gasteiger partial charge is 0.416 e. The Balaban J connectivity index is 2.75. The van der Waals surface area contributed by atoms with Crippen molar-refractivity contribution in [3.05, 3.63) is 58.7 Å². The van der Waals surface area contributed by atoms with Gasteiger partial charge in [0, 0.05) is 0 Å². The number of benzene rings is 2. The summed E-state index contributed by atoms with van der Waals surface area (Å²) in [5.74, 6) is -3.10. The van der Waals surface area contributed by atoms with Gasteiger partial charge in [-0.2, -0.15) is 31.6 Å². The van der Waals surface area contributed by atoms with Gasteiger partial charge < -0.3 is 0 Å². The Bertz CT molecular complexity index is 795. The summed E-state index contributed by atoms with van der Waals surface area (Å²) in [5.41, 5.74) is -5.17. The van der Waals surface area contributed by atoms with Crippen molar-refractivity contribution in [1.29, 1.82) is 5.26 Å². The maximum atomic E-state index is 13.4. The molecule has 0 bridgehead atoms. The third-order valence-corrected chi connectivity index (χ3v) is 3.07. The molecule has 0 aliphatic heterocycles. The van der Waals surface area contributed by atoms with E-state index in [1.165, 1.54) is 6.07 Å². The van der Waals surface area contributed by atoms with Crippen LogP contribution in [0.3, 0.4) is 0 Å². The lowest BCUT2D eigenvalue weighted by atomic mass is 9.97. The zero-order valence-corrected chi connectivity index (χ0v) is 11.4. The zero-order chi connectivity index (χ0) is 18.3. The number of nitrogens with zero attached hydrogens (tertiary/aromatic N) is 1. The Morgan fingerprint density at radius 3 is 1.58 bits per heavy atom. The fourth-order valence-electron chi connectivity index (χ4n) is 1.96. The van der Waals surface area contributed by atoms with Crippen LogP contribution in [0.25, 0.3) is 11.1 Å². The molecule has 0 aliphatic rings. The molecule has 0 atom stereocenters. The van der Waals surface area contributed by atoms with Gasteiger partial charge in [0.15, 0.2) is 11.6 Å². The molecule has 0 radical (unpaired) electrons. The van der Waals surface area contributed by atoms with E-state index in [4.69, 9.17) is 5.26 Å². The smallest absolute Gasteiger partial charge is 0.204 e. The maximum Gasteiger partial charge on any atom is 0.416 e. The van der Waals surface area contributed by atoms with Crippen molar-refractivity contribution >= 4 is 0 Å². The van der Waals surface area contributed by atoms with Crippen LogP contribution in [0.1, 0.15) is 16.7 Å². The molecule has 2 aromatic carbocycles. The van der Waals surface area contributed by atoms with Crippen LogP contribution < -0.4 is 0 Å². The van der Waals surface area contributed by atoms with E-state index in [1.54, 1.807) is 0 Å². The zero-order valence-electron chi connectivity index (χ0n) is 11.4. The molecular formula is C15H5F8N. The first-order valence-electron chi connectivity index (χ1n) is 6.12. The monoisotopic (exact) mass is 351 g/mol. The minimum absolute atomic E-state index is 0.0887. The average molecular weight is 351 g/mol. The minimum Gasteiger partial charge on any atom is -0.204 e. The molecule has 1 nitrogen and oxygen atoms in total. The van der Waals surface area contributed by atoms with Crippen LogP contribution in [0.15, 0.2) is 30.3 Å². The second-order valence-corrected chi connectivity index (χ2v) is 4.73. The molecule has 126 valence electrons. The molecule has 0 heterocycles. The van der Waals surface area contributed by atoms with Gasteiger partial charge in [0.1, 0.15) is 6.07 Å². The predicted molar refractivity (Wildman–Crippen MR) is 66.5 cm³/mol. The second kappa shape index (κ2) is 5.78. The molecule has 0 saturated carbocycles. The van der Waals surface area contributed by atoms with Gasteiger partial charge in [0.05, 0.1) is 16.7 Å². The summed E-state index contributed by atoms with van der Waals surface area (Å²) >= 11 is 0. The van der Waals surface area contributed by atoms with Gasteiger partial charge in [-0.1, -0.05) is 0 Å². The Hall–Kier alpha value is -2.63. The molecule has 0 aliphatic carbocycles. The van der Waals surface area contributed by atoms with Crippen molar-refractivity contribution in [2.75, 3.05) is 0 Å². The lowest BCUT2D eigenvalue weighted by molar-refractivity contribution is -0.143. The third-order valence-electron chi connectivity index (χ3n) is 3.07. The molecule has 9 heteroatoms. The summed E-state index contributed by atoms with van der Waals surface area (Å²) in [7, 11) is 0. The number of hydrogen-bond acceptors (Lipinski definition) is 1. The first-order chi connectivity index (χ1) is 10.9. The van der Waals surface area contributed by atoms with Crippen LogP contribution in [0.5, 0.6) is 0 Å². The molecule has 24 heavy (non-hydrogen) atoms. The molecule has 0 amide bonds. The summed E-state index contributed by atoms with van der Waals surface area (Å²) in [6.07, 6.45) is -10.2. The Kier molecular flexibility index (Phi) is 4.27. The third kappa shape index (κ3) is 3.48. The van der Waals surface area contributed by atoms with Crippen LogP contribution in [0.4, 0.5) is 35.1 Å².